The van der Waals surface area contributed by atoms with E-state index in [1.54, 1.807) is 45.9 Å². The summed E-state index contributed by atoms with van der Waals surface area (Å²) in [6.07, 6.45) is -4.00. The zero-order valence-electron chi connectivity index (χ0n) is 22.3. The third kappa shape index (κ3) is 9.58. The highest BCUT2D eigenvalue weighted by Gasteiger charge is 2.32. The second kappa shape index (κ2) is 12.8. The van der Waals surface area contributed by atoms with Crippen molar-refractivity contribution in [3.63, 3.8) is 0 Å². The van der Waals surface area contributed by atoms with Crippen LogP contribution in [0.5, 0.6) is 0 Å². The molecule has 0 saturated heterocycles. The van der Waals surface area contributed by atoms with Crippen LogP contribution in [0.4, 0.5) is 18.9 Å². The van der Waals surface area contributed by atoms with E-state index in [1.165, 1.54) is 11.0 Å². The molecule has 39 heavy (non-hydrogen) atoms. The molecule has 2 rings (SSSR count). The van der Waals surface area contributed by atoms with Crippen LogP contribution in [0.2, 0.25) is 10.0 Å². The minimum absolute atomic E-state index is 0.0253. The van der Waals surface area contributed by atoms with E-state index in [2.05, 4.69) is 5.32 Å². The van der Waals surface area contributed by atoms with Gasteiger partial charge in [0.05, 0.1) is 17.5 Å². The average Bonchev–Trinajstić information content (AvgIpc) is 2.78. The first kappa shape index (κ1) is 32.7. The molecule has 0 aromatic heterocycles. The summed E-state index contributed by atoms with van der Waals surface area (Å²) >= 11 is 12.6. The Balaban J connectivity index is 2.29. The molecule has 0 radical (unpaired) electrons. The molecule has 0 bridgehead atoms. The zero-order valence-corrected chi connectivity index (χ0v) is 24.6. The molecular formula is C26H32Cl2F3N3O4S. The van der Waals surface area contributed by atoms with Gasteiger partial charge in [-0.2, -0.15) is 13.2 Å². The van der Waals surface area contributed by atoms with E-state index in [-0.39, 0.29) is 31.6 Å². The molecule has 13 heteroatoms. The first-order valence-electron chi connectivity index (χ1n) is 12.0. The van der Waals surface area contributed by atoms with E-state index in [0.717, 1.165) is 28.8 Å². The number of nitrogens with zero attached hydrogens (tertiary/aromatic N) is 2. The molecule has 1 N–H and O–H groups in total. The van der Waals surface area contributed by atoms with Gasteiger partial charge in [-0.3, -0.25) is 13.9 Å². The molecule has 0 saturated carbocycles. The molecular weight excluding hydrogens is 578 g/mol. The Bertz CT molecular complexity index is 1280. The number of benzene rings is 2. The SMILES string of the molecule is C[C@@H](C(=O)NC(C)(C)C)N(Cc1c(Cl)cccc1Cl)C(=O)CCCN(c1cccc(C(F)(F)F)c1)S(C)(=O)=O. The van der Waals surface area contributed by atoms with Gasteiger partial charge < -0.3 is 10.2 Å². The van der Waals surface area contributed by atoms with Crippen LogP contribution in [0.25, 0.3) is 0 Å². The van der Waals surface area contributed by atoms with Crippen molar-refractivity contribution in [2.45, 2.75) is 64.8 Å². The lowest BCUT2D eigenvalue weighted by Gasteiger charge is -2.32. The van der Waals surface area contributed by atoms with Crippen LogP contribution >= 0.6 is 23.2 Å². The molecule has 0 spiro atoms. The molecule has 0 aliphatic heterocycles. The summed E-state index contributed by atoms with van der Waals surface area (Å²) in [7, 11) is -3.97. The van der Waals surface area contributed by atoms with Crippen LogP contribution in [-0.2, 0) is 32.3 Å². The standard InChI is InChI=1S/C26H32Cl2F3N3O4S/c1-17(24(36)32-25(2,3)4)33(16-20-21(27)11-7-12-22(20)28)23(35)13-8-14-34(39(5,37)38)19-10-6-9-18(15-19)26(29,30)31/h6-7,9-12,15,17H,8,13-14,16H2,1-5H3,(H,32,36)/t17-/m0/s1. The number of hydrogen-bond donors (Lipinski definition) is 1. The van der Waals surface area contributed by atoms with Crippen LogP contribution in [-0.4, -0.2) is 49.5 Å². The zero-order chi connectivity index (χ0) is 29.8. The average molecular weight is 611 g/mol. The third-order valence-electron chi connectivity index (χ3n) is 5.67. The summed E-state index contributed by atoms with van der Waals surface area (Å²) in [5.74, 6) is -0.902. The van der Waals surface area contributed by atoms with E-state index >= 15 is 0 Å². The first-order valence-corrected chi connectivity index (χ1v) is 14.6. The van der Waals surface area contributed by atoms with Crippen LogP contribution < -0.4 is 9.62 Å². The van der Waals surface area contributed by atoms with Gasteiger partial charge in [-0.05, 0) is 64.4 Å². The Morgan fingerprint density at radius 1 is 1.03 bits per heavy atom. The monoisotopic (exact) mass is 609 g/mol. The lowest BCUT2D eigenvalue weighted by atomic mass is 10.1. The van der Waals surface area contributed by atoms with Crippen LogP contribution in [0.15, 0.2) is 42.5 Å². The molecule has 0 fully saturated rings. The normalized spacial score (nSPS) is 13.1. The Labute approximate surface area is 237 Å². The molecule has 7 nitrogen and oxygen atoms in total. The summed E-state index contributed by atoms with van der Waals surface area (Å²) in [6.45, 7) is 6.59. The van der Waals surface area contributed by atoms with Gasteiger partial charge >= 0.3 is 6.18 Å². The summed E-state index contributed by atoms with van der Waals surface area (Å²) in [6, 6.07) is 7.87. The van der Waals surface area contributed by atoms with E-state index in [4.69, 9.17) is 23.2 Å². The van der Waals surface area contributed by atoms with Gasteiger partial charge in [-0.1, -0.05) is 35.3 Å². The number of nitrogens with one attached hydrogen (secondary N) is 1. The number of halogens is 5. The third-order valence-corrected chi connectivity index (χ3v) is 7.57. The predicted molar refractivity (Wildman–Crippen MR) is 147 cm³/mol. The van der Waals surface area contributed by atoms with Crippen molar-refractivity contribution in [1.29, 1.82) is 0 Å². The highest BCUT2D eigenvalue weighted by Crippen LogP contribution is 2.32. The fraction of sp³-hybridized carbons (Fsp3) is 0.462. The number of anilines is 1. The number of sulfonamides is 1. The first-order chi connectivity index (χ1) is 17.8. The van der Waals surface area contributed by atoms with Gasteiger partial charge in [-0.15, -0.1) is 0 Å². The maximum absolute atomic E-state index is 13.4. The number of amides is 2. The van der Waals surface area contributed by atoms with Gasteiger partial charge in [0.1, 0.15) is 6.04 Å². The minimum Gasteiger partial charge on any atom is -0.350 e. The summed E-state index contributed by atoms with van der Waals surface area (Å²) < 4.78 is 65.2. The maximum Gasteiger partial charge on any atom is 0.416 e. The molecule has 0 unspecified atom stereocenters. The van der Waals surface area contributed by atoms with Gasteiger partial charge in [-0.25, -0.2) is 8.42 Å². The molecule has 2 aromatic rings. The number of carbonyl (C=O) groups is 2. The Morgan fingerprint density at radius 3 is 2.10 bits per heavy atom. The topological polar surface area (TPSA) is 86.8 Å². The molecule has 216 valence electrons. The number of alkyl halides is 3. The largest absolute Gasteiger partial charge is 0.416 e. The van der Waals surface area contributed by atoms with Crippen LogP contribution in [0.3, 0.4) is 0 Å². The second-order valence-electron chi connectivity index (χ2n) is 10.1. The van der Waals surface area contributed by atoms with Crippen LogP contribution in [0, 0.1) is 0 Å². The predicted octanol–water partition coefficient (Wildman–Crippen LogP) is 5.89. The Hall–Kier alpha value is -2.50. The van der Waals surface area contributed by atoms with Crippen molar-refractivity contribution in [2.24, 2.45) is 0 Å². The number of rotatable bonds is 10. The summed E-state index contributed by atoms with van der Waals surface area (Å²) in [4.78, 5) is 27.6. The van der Waals surface area contributed by atoms with Gasteiger partial charge in [0, 0.05) is 40.7 Å². The van der Waals surface area contributed by atoms with Gasteiger partial charge in [0.25, 0.3) is 0 Å². The van der Waals surface area contributed by atoms with E-state index < -0.39 is 45.2 Å². The number of hydrogen-bond acceptors (Lipinski definition) is 4. The van der Waals surface area contributed by atoms with Crippen molar-refractivity contribution in [2.75, 3.05) is 17.1 Å². The summed E-state index contributed by atoms with van der Waals surface area (Å²) in [5, 5.41) is 3.43. The lowest BCUT2D eigenvalue weighted by Crippen LogP contribution is -2.52. The molecule has 2 amide bonds. The van der Waals surface area contributed by atoms with E-state index in [0.29, 0.717) is 15.6 Å². The van der Waals surface area contributed by atoms with Crippen molar-refractivity contribution >= 4 is 50.7 Å². The molecule has 0 heterocycles. The Morgan fingerprint density at radius 2 is 1.59 bits per heavy atom. The van der Waals surface area contributed by atoms with E-state index in [1.807, 2.05) is 0 Å². The molecule has 1 atom stereocenters. The maximum atomic E-state index is 13.4. The fourth-order valence-electron chi connectivity index (χ4n) is 3.75. The van der Waals surface area contributed by atoms with Crippen molar-refractivity contribution < 1.29 is 31.2 Å². The molecule has 0 aliphatic carbocycles. The lowest BCUT2D eigenvalue weighted by molar-refractivity contribution is -0.141. The highest BCUT2D eigenvalue weighted by molar-refractivity contribution is 7.92. The van der Waals surface area contributed by atoms with Crippen molar-refractivity contribution in [3.8, 4) is 0 Å². The van der Waals surface area contributed by atoms with Crippen LogP contribution in [0.1, 0.15) is 51.7 Å². The number of carbonyl (C=O) groups excluding carboxylic acids is 2. The summed E-state index contributed by atoms with van der Waals surface area (Å²) in [5.41, 5.74) is -1.29. The van der Waals surface area contributed by atoms with Gasteiger partial charge in [0.15, 0.2) is 0 Å². The smallest absolute Gasteiger partial charge is 0.350 e. The van der Waals surface area contributed by atoms with Gasteiger partial charge in [0.2, 0.25) is 21.8 Å². The van der Waals surface area contributed by atoms with Crippen molar-refractivity contribution in [1.82, 2.24) is 10.2 Å². The van der Waals surface area contributed by atoms with Crippen molar-refractivity contribution in [3.05, 3.63) is 63.6 Å². The minimum atomic E-state index is -4.65. The highest BCUT2D eigenvalue weighted by atomic mass is 35.5. The molecule has 0 aliphatic rings. The van der Waals surface area contributed by atoms with E-state index in [9.17, 15) is 31.2 Å². The second-order valence-corrected chi connectivity index (χ2v) is 12.8. The quantitative estimate of drug-likeness (QED) is 0.364. The molecule has 2 aromatic carbocycles. The Kier molecular flexibility index (Phi) is 10.7. The fourth-order valence-corrected chi connectivity index (χ4v) is 5.23.